The number of aryl methyl sites for hydroxylation is 1. The summed E-state index contributed by atoms with van der Waals surface area (Å²) in [6.07, 6.45) is 8.29. The van der Waals surface area contributed by atoms with Crippen LogP contribution in [-0.4, -0.2) is 30.9 Å². The van der Waals surface area contributed by atoms with E-state index in [0.717, 1.165) is 48.7 Å². The fraction of sp³-hybridized carbons (Fsp3) is 0.409. The topological polar surface area (TPSA) is 29.5 Å². The van der Waals surface area contributed by atoms with Crippen molar-refractivity contribution in [3.05, 3.63) is 57.3 Å². The first-order valence-electron chi connectivity index (χ1n) is 9.40. The summed E-state index contributed by atoms with van der Waals surface area (Å²) in [5.41, 5.74) is 2.23. The Bertz CT molecular complexity index is 772. The van der Waals surface area contributed by atoms with Gasteiger partial charge in [-0.25, -0.2) is 0 Å². The lowest BCUT2D eigenvalue weighted by molar-refractivity contribution is 0.105. The molecule has 2 aromatic rings. The normalized spacial score (nSPS) is 15.0. The second-order valence-corrected chi connectivity index (χ2v) is 7.94. The first-order chi connectivity index (χ1) is 12.7. The summed E-state index contributed by atoms with van der Waals surface area (Å²) in [6, 6.07) is 10.1. The van der Waals surface area contributed by atoms with E-state index < -0.39 is 0 Å². The van der Waals surface area contributed by atoms with Crippen molar-refractivity contribution < 1.29 is 9.53 Å². The maximum atomic E-state index is 12.4. The van der Waals surface area contributed by atoms with Crippen molar-refractivity contribution in [2.24, 2.45) is 0 Å². The van der Waals surface area contributed by atoms with Gasteiger partial charge in [-0.1, -0.05) is 25.5 Å². The Hall–Kier alpha value is -1.91. The molecule has 138 valence electrons. The number of benzene rings is 1. The molecule has 0 radical (unpaired) electrons. The van der Waals surface area contributed by atoms with Crippen LogP contribution in [0.25, 0.3) is 6.08 Å². The minimum Gasteiger partial charge on any atom is -0.496 e. The fourth-order valence-corrected chi connectivity index (χ4v) is 4.38. The van der Waals surface area contributed by atoms with Gasteiger partial charge in [0.25, 0.3) is 0 Å². The Morgan fingerprint density at radius 2 is 2.04 bits per heavy atom. The van der Waals surface area contributed by atoms with Crippen molar-refractivity contribution in [1.82, 2.24) is 4.90 Å². The van der Waals surface area contributed by atoms with Crippen molar-refractivity contribution in [1.29, 1.82) is 0 Å². The molecule has 2 heterocycles. The zero-order chi connectivity index (χ0) is 18.4. The molecule has 0 spiro atoms. The monoisotopic (exact) mass is 369 g/mol. The van der Waals surface area contributed by atoms with Gasteiger partial charge in [-0.15, -0.1) is 11.3 Å². The summed E-state index contributed by atoms with van der Waals surface area (Å²) >= 11 is 1.60. The molecule has 0 atom stereocenters. The highest BCUT2D eigenvalue weighted by Crippen LogP contribution is 2.24. The predicted molar refractivity (Wildman–Crippen MR) is 109 cm³/mol. The zero-order valence-electron chi connectivity index (χ0n) is 15.7. The number of rotatable bonds is 8. The molecule has 1 aliphatic heterocycles. The lowest BCUT2D eigenvalue weighted by atomic mass is 10.1. The van der Waals surface area contributed by atoms with Crippen molar-refractivity contribution in [3.63, 3.8) is 0 Å². The van der Waals surface area contributed by atoms with Gasteiger partial charge in [-0.2, -0.15) is 0 Å². The standard InChI is InChI=1S/C22H27NO2S/c1-3-6-19-9-12-22(26-19)20(24)10-7-17-8-11-21(25-2)18(15-17)16-23-13-4-5-14-23/h7-12,15H,3-6,13-14,16H2,1-2H3/b10-7+. The van der Waals surface area contributed by atoms with Gasteiger partial charge in [-0.3, -0.25) is 9.69 Å². The van der Waals surface area contributed by atoms with Crippen LogP contribution in [0.15, 0.2) is 36.4 Å². The van der Waals surface area contributed by atoms with Gasteiger partial charge in [0.1, 0.15) is 5.75 Å². The molecule has 1 aliphatic rings. The molecular weight excluding hydrogens is 342 g/mol. The Balaban J connectivity index is 1.71. The van der Waals surface area contributed by atoms with Crippen LogP contribution in [0.4, 0.5) is 0 Å². The van der Waals surface area contributed by atoms with E-state index in [2.05, 4.69) is 24.0 Å². The third-order valence-corrected chi connectivity index (χ3v) is 5.88. The predicted octanol–water partition coefficient (Wildman–Crippen LogP) is 5.20. The molecular formula is C22H27NO2S. The highest BCUT2D eigenvalue weighted by atomic mass is 32.1. The van der Waals surface area contributed by atoms with E-state index in [1.807, 2.05) is 24.3 Å². The van der Waals surface area contributed by atoms with E-state index in [-0.39, 0.29) is 5.78 Å². The molecule has 26 heavy (non-hydrogen) atoms. The Morgan fingerprint density at radius 3 is 2.77 bits per heavy atom. The maximum absolute atomic E-state index is 12.4. The molecule has 1 aromatic heterocycles. The van der Waals surface area contributed by atoms with Gasteiger partial charge in [0.2, 0.25) is 0 Å². The molecule has 3 rings (SSSR count). The third kappa shape index (κ3) is 4.83. The van der Waals surface area contributed by atoms with Gasteiger partial charge >= 0.3 is 0 Å². The minimum absolute atomic E-state index is 0.0780. The second kappa shape index (κ2) is 9.15. The number of allylic oxidation sites excluding steroid dienone is 1. The van der Waals surface area contributed by atoms with E-state index in [1.54, 1.807) is 24.5 Å². The number of carbonyl (C=O) groups is 1. The highest BCUT2D eigenvalue weighted by Gasteiger charge is 2.14. The molecule has 0 N–H and O–H groups in total. The number of hydrogen-bond donors (Lipinski definition) is 0. The number of ketones is 1. The summed E-state index contributed by atoms with van der Waals surface area (Å²) in [5, 5.41) is 0. The molecule has 0 unspecified atom stereocenters. The number of hydrogen-bond acceptors (Lipinski definition) is 4. The fourth-order valence-electron chi connectivity index (χ4n) is 3.35. The van der Waals surface area contributed by atoms with E-state index in [9.17, 15) is 4.79 Å². The van der Waals surface area contributed by atoms with Crippen LogP contribution in [0, 0.1) is 0 Å². The lowest BCUT2D eigenvalue weighted by Crippen LogP contribution is -2.18. The van der Waals surface area contributed by atoms with Crippen molar-refractivity contribution in [2.75, 3.05) is 20.2 Å². The number of methoxy groups -OCH3 is 1. The van der Waals surface area contributed by atoms with Crippen LogP contribution >= 0.6 is 11.3 Å². The van der Waals surface area contributed by atoms with Crippen molar-refractivity contribution >= 4 is 23.2 Å². The number of thiophene rings is 1. The van der Waals surface area contributed by atoms with Crippen LogP contribution in [0.3, 0.4) is 0 Å². The number of carbonyl (C=O) groups excluding carboxylic acids is 1. The van der Waals surface area contributed by atoms with E-state index in [1.165, 1.54) is 23.3 Å². The molecule has 4 heteroatoms. The van der Waals surface area contributed by atoms with Crippen LogP contribution in [-0.2, 0) is 13.0 Å². The first-order valence-corrected chi connectivity index (χ1v) is 10.2. The Morgan fingerprint density at radius 1 is 1.23 bits per heavy atom. The minimum atomic E-state index is 0.0780. The van der Waals surface area contributed by atoms with Gasteiger partial charge in [0.15, 0.2) is 5.78 Å². The van der Waals surface area contributed by atoms with Gasteiger partial charge in [0, 0.05) is 17.0 Å². The molecule has 3 nitrogen and oxygen atoms in total. The molecule has 0 aliphatic carbocycles. The summed E-state index contributed by atoms with van der Waals surface area (Å²) in [7, 11) is 1.71. The van der Waals surface area contributed by atoms with Gasteiger partial charge in [0.05, 0.1) is 12.0 Å². The number of nitrogens with zero attached hydrogens (tertiary/aromatic N) is 1. The SMILES string of the molecule is CCCc1ccc(C(=O)/C=C/c2ccc(OC)c(CN3CCCC3)c2)s1. The third-order valence-electron chi connectivity index (χ3n) is 4.73. The number of ether oxygens (including phenoxy) is 1. The largest absolute Gasteiger partial charge is 0.496 e. The molecule has 0 amide bonds. The van der Waals surface area contributed by atoms with Gasteiger partial charge in [-0.05, 0) is 68.3 Å². The van der Waals surface area contributed by atoms with E-state index >= 15 is 0 Å². The molecule has 1 fully saturated rings. The summed E-state index contributed by atoms with van der Waals surface area (Å²) in [6.45, 7) is 5.37. The molecule has 0 saturated carbocycles. The van der Waals surface area contributed by atoms with Gasteiger partial charge < -0.3 is 4.74 Å². The van der Waals surface area contributed by atoms with Crippen LogP contribution in [0.1, 0.15) is 51.9 Å². The van der Waals surface area contributed by atoms with Crippen LogP contribution in [0.5, 0.6) is 5.75 Å². The second-order valence-electron chi connectivity index (χ2n) is 6.77. The summed E-state index contributed by atoms with van der Waals surface area (Å²) in [5.74, 6) is 0.997. The Kier molecular flexibility index (Phi) is 6.64. The maximum Gasteiger partial charge on any atom is 0.195 e. The highest BCUT2D eigenvalue weighted by molar-refractivity contribution is 7.14. The van der Waals surface area contributed by atoms with Crippen LogP contribution < -0.4 is 4.74 Å². The number of likely N-dealkylation sites (tertiary alicyclic amines) is 1. The zero-order valence-corrected chi connectivity index (χ0v) is 16.5. The summed E-state index contributed by atoms with van der Waals surface area (Å²) < 4.78 is 5.52. The lowest BCUT2D eigenvalue weighted by Gasteiger charge is -2.17. The van der Waals surface area contributed by atoms with Crippen molar-refractivity contribution in [3.8, 4) is 5.75 Å². The molecule has 1 saturated heterocycles. The smallest absolute Gasteiger partial charge is 0.195 e. The van der Waals surface area contributed by atoms with E-state index in [4.69, 9.17) is 4.74 Å². The average molecular weight is 370 g/mol. The molecule has 1 aromatic carbocycles. The van der Waals surface area contributed by atoms with E-state index in [0.29, 0.717) is 0 Å². The Labute approximate surface area is 160 Å². The average Bonchev–Trinajstić information content (AvgIpc) is 3.32. The summed E-state index contributed by atoms with van der Waals surface area (Å²) in [4.78, 5) is 17.0. The first kappa shape index (κ1) is 18.9. The quantitative estimate of drug-likeness (QED) is 0.473. The van der Waals surface area contributed by atoms with Crippen LogP contribution in [0.2, 0.25) is 0 Å². The van der Waals surface area contributed by atoms with Crippen molar-refractivity contribution in [2.45, 2.75) is 39.2 Å². The molecule has 0 bridgehead atoms.